The summed E-state index contributed by atoms with van der Waals surface area (Å²) in [6, 6.07) is 13.2. The lowest BCUT2D eigenvalue weighted by atomic mass is 9.92. The second-order valence-electron chi connectivity index (χ2n) is 5.84. The summed E-state index contributed by atoms with van der Waals surface area (Å²) in [5.74, 6) is -1.69. The third kappa shape index (κ3) is 3.34. The third-order valence-electron chi connectivity index (χ3n) is 3.94. The molecule has 1 heterocycles. The van der Waals surface area contributed by atoms with Gasteiger partial charge in [0.05, 0.1) is 0 Å². The normalized spacial score (nSPS) is 19.2. The topological polar surface area (TPSA) is 87.7 Å². The van der Waals surface area contributed by atoms with Gasteiger partial charge in [0.2, 0.25) is 0 Å². The van der Waals surface area contributed by atoms with E-state index in [1.54, 1.807) is 37.3 Å². The number of nitrogens with zero attached hydrogens (tertiary/aromatic N) is 1. The van der Waals surface area contributed by atoms with Crippen molar-refractivity contribution in [1.82, 2.24) is 15.8 Å². The monoisotopic (exact) mass is 357 g/mol. The number of carbonyl (C=O) groups is 3. The first kappa shape index (κ1) is 17.4. The van der Waals surface area contributed by atoms with Crippen LogP contribution >= 0.6 is 0 Å². The lowest BCUT2D eigenvalue weighted by molar-refractivity contribution is -0.139. The van der Waals surface area contributed by atoms with Gasteiger partial charge in [-0.1, -0.05) is 36.4 Å². The highest BCUT2D eigenvalue weighted by molar-refractivity contribution is 6.08. The second-order valence-corrected chi connectivity index (χ2v) is 5.84. The fourth-order valence-corrected chi connectivity index (χ4v) is 2.57. The average molecular weight is 357 g/mol. The van der Waals surface area contributed by atoms with E-state index in [9.17, 15) is 18.8 Å². The number of hydrogen-bond acceptors (Lipinski definition) is 4. The van der Waals surface area contributed by atoms with E-state index < -0.39 is 35.8 Å². The van der Waals surface area contributed by atoms with Crippen molar-refractivity contribution in [3.63, 3.8) is 0 Å². The highest BCUT2D eigenvalue weighted by atomic mass is 19.1. The molecule has 134 valence electrons. The number of benzene rings is 2. The number of amides is 4. The molecule has 7 nitrogen and oxygen atoms in total. The molecule has 0 aromatic heterocycles. The molecule has 2 N–H and O–H groups in total. The van der Waals surface area contributed by atoms with Crippen LogP contribution in [-0.4, -0.2) is 29.5 Å². The maximum Gasteiger partial charge on any atom is 0.344 e. The number of rotatable bonds is 5. The van der Waals surface area contributed by atoms with E-state index in [1.807, 2.05) is 0 Å². The predicted molar refractivity (Wildman–Crippen MR) is 89.2 cm³/mol. The van der Waals surface area contributed by atoms with Crippen molar-refractivity contribution in [2.24, 2.45) is 0 Å². The Kier molecular flexibility index (Phi) is 4.57. The van der Waals surface area contributed by atoms with Gasteiger partial charge in [0.1, 0.15) is 17.1 Å². The first-order valence-electron chi connectivity index (χ1n) is 7.80. The maximum absolute atomic E-state index is 13.1. The molecule has 0 saturated carbocycles. The number of urea groups is 1. The van der Waals surface area contributed by atoms with Crippen LogP contribution in [0, 0.1) is 5.82 Å². The molecular weight excluding hydrogens is 341 g/mol. The van der Waals surface area contributed by atoms with Crippen molar-refractivity contribution in [3.8, 4) is 5.75 Å². The molecule has 0 unspecified atom stereocenters. The van der Waals surface area contributed by atoms with Crippen molar-refractivity contribution < 1.29 is 23.5 Å². The van der Waals surface area contributed by atoms with E-state index in [2.05, 4.69) is 10.7 Å². The number of nitrogens with one attached hydrogen (secondary N) is 2. The lowest BCUT2D eigenvalue weighted by Gasteiger charge is -2.22. The Morgan fingerprint density at radius 1 is 1.19 bits per heavy atom. The summed E-state index contributed by atoms with van der Waals surface area (Å²) in [5, 5.41) is 3.18. The molecule has 8 heteroatoms. The van der Waals surface area contributed by atoms with Crippen LogP contribution in [0.15, 0.2) is 54.6 Å². The van der Waals surface area contributed by atoms with Gasteiger partial charge < -0.3 is 10.1 Å². The molecule has 0 bridgehead atoms. The molecule has 4 amide bonds. The smallest absolute Gasteiger partial charge is 0.344 e. The van der Waals surface area contributed by atoms with Crippen molar-refractivity contribution in [1.29, 1.82) is 0 Å². The number of imide groups is 1. The van der Waals surface area contributed by atoms with Crippen LogP contribution < -0.4 is 15.5 Å². The van der Waals surface area contributed by atoms with Gasteiger partial charge in [-0.05, 0) is 24.6 Å². The Morgan fingerprint density at radius 2 is 1.92 bits per heavy atom. The Labute approximate surface area is 148 Å². The molecule has 26 heavy (non-hydrogen) atoms. The highest BCUT2D eigenvalue weighted by Crippen LogP contribution is 2.27. The zero-order valence-corrected chi connectivity index (χ0v) is 13.9. The molecule has 0 spiro atoms. The first-order chi connectivity index (χ1) is 12.4. The van der Waals surface area contributed by atoms with E-state index in [-0.39, 0.29) is 5.75 Å². The van der Waals surface area contributed by atoms with E-state index in [4.69, 9.17) is 4.74 Å². The number of halogens is 1. The largest absolute Gasteiger partial charge is 0.484 e. The first-order valence-corrected chi connectivity index (χ1v) is 7.80. The molecule has 1 aliphatic heterocycles. The van der Waals surface area contributed by atoms with Gasteiger partial charge in [0, 0.05) is 6.07 Å². The number of hydrazine groups is 1. The van der Waals surface area contributed by atoms with Crippen LogP contribution in [0.25, 0.3) is 0 Å². The summed E-state index contributed by atoms with van der Waals surface area (Å²) in [4.78, 5) is 36.7. The Balaban J connectivity index is 1.65. The molecule has 1 atom stereocenters. The van der Waals surface area contributed by atoms with Crippen LogP contribution in [0.2, 0.25) is 0 Å². The second kappa shape index (κ2) is 6.83. The van der Waals surface area contributed by atoms with Crippen molar-refractivity contribution >= 4 is 17.8 Å². The van der Waals surface area contributed by atoms with Gasteiger partial charge in [-0.2, -0.15) is 5.01 Å². The van der Waals surface area contributed by atoms with Crippen LogP contribution in [-0.2, 0) is 15.1 Å². The summed E-state index contributed by atoms with van der Waals surface area (Å²) in [6.45, 7) is 1.07. The Morgan fingerprint density at radius 3 is 2.62 bits per heavy atom. The van der Waals surface area contributed by atoms with Crippen LogP contribution in [0.4, 0.5) is 9.18 Å². The van der Waals surface area contributed by atoms with E-state index in [0.717, 1.165) is 6.07 Å². The van der Waals surface area contributed by atoms with Crippen molar-refractivity contribution in [3.05, 3.63) is 66.0 Å². The molecule has 2 aromatic rings. The standard InChI is InChI=1S/C18H16FN3O4/c1-18(12-6-3-2-4-7-12)16(24)22(17(25)20-18)21-15(23)11-26-14-9-5-8-13(19)10-14/h2-10H,11H2,1H3,(H,20,25)(H,21,23)/t18-/m0/s1. The number of hydrogen-bond donors (Lipinski definition) is 2. The molecule has 1 aliphatic rings. The maximum atomic E-state index is 13.1. The quantitative estimate of drug-likeness (QED) is 0.798. The molecule has 1 saturated heterocycles. The molecule has 0 radical (unpaired) electrons. The average Bonchev–Trinajstić information content (AvgIpc) is 2.85. The summed E-state index contributed by atoms with van der Waals surface area (Å²) < 4.78 is 18.2. The fraction of sp³-hybridized carbons (Fsp3) is 0.167. The van der Waals surface area contributed by atoms with E-state index in [1.165, 1.54) is 18.2 Å². The van der Waals surface area contributed by atoms with Crippen LogP contribution in [0.1, 0.15) is 12.5 Å². The van der Waals surface area contributed by atoms with Gasteiger partial charge in [-0.25, -0.2) is 9.18 Å². The predicted octanol–water partition coefficient (Wildman–Crippen LogP) is 1.70. The molecular formula is C18H16FN3O4. The summed E-state index contributed by atoms with van der Waals surface area (Å²) in [5.41, 5.74) is 1.51. The fourth-order valence-electron chi connectivity index (χ4n) is 2.57. The number of carbonyl (C=O) groups excluding carboxylic acids is 3. The summed E-state index contributed by atoms with van der Waals surface area (Å²) >= 11 is 0. The van der Waals surface area contributed by atoms with Crippen molar-refractivity contribution in [2.45, 2.75) is 12.5 Å². The molecule has 3 rings (SSSR count). The molecule has 1 fully saturated rings. The minimum Gasteiger partial charge on any atom is -0.484 e. The summed E-state index contributed by atoms with van der Waals surface area (Å²) in [6.07, 6.45) is 0. The van der Waals surface area contributed by atoms with Gasteiger partial charge in [-0.15, -0.1) is 0 Å². The van der Waals surface area contributed by atoms with E-state index >= 15 is 0 Å². The van der Waals surface area contributed by atoms with Gasteiger partial charge >= 0.3 is 6.03 Å². The Bertz CT molecular complexity index is 859. The minimum absolute atomic E-state index is 0.159. The third-order valence-corrected chi connectivity index (χ3v) is 3.94. The SMILES string of the molecule is C[C@@]1(c2ccccc2)NC(=O)N(NC(=O)COc2cccc(F)c2)C1=O. The number of ether oxygens (including phenoxy) is 1. The molecule has 2 aromatic carbocycles. The molecule has 0 aliphatic carbocycles. The van der Waals surface area contributed by atoms with Gasteiger partial charge in [-0.3, -0.25) is 15.0 Å². The van der Waals surface area contributed by atoms with Gasteiger partial charge in [0.25, 0.3) is 11.8 Å². The van der Waals surface area contributed by atoms with E-state index in [0.29, 0.717) is 10.6 Å². The van der Waals surface area contributed by atoms with Crippen LogP contribution in [0.5, 0.6) is 5.75 Å². The van der Waals surface area contributed by atoms with Crippen LogP contribution in [0.3, 0.4) is 0 Å². The lowest BCUT2D eigenvalue weighted by Crippen LogP contribution is -2.49. The summed E-state index contributed by atoms with van der Waals surface area (Å²) in [7, 11) is 0. The zero-order chi connectivity index (χ0) is 18.7. The van der Waals surface area contributed by atoms with Crippen molar-refractivity contribution in [2.75, 3.05) is 6.61 Å². The van der Waals surface area contributed by atoms with Gasteiger partial charge in [0.15, 0.2) is 6.61 Å². The Hall–Kier alpha value is -3.42. The zero-order valence-electron chi connectivity index (χ0n) is 13.9. The highest BCUT2D eigenvalue weighted by Gasteiger charge is 2.49. The minimum atomic E-state index is -1.28.